The first-order valence-corrected chi connectivity index (χ1v) is 6.31. The number of nitro benzene ring substituents is 1. The van der Waals surface area contributed by atoms with E-state index in [4.69, 9.17) is 9.84 Å². The fourth-order valence-corrected chi connectivity index (χ4v) is 1.66. The second-order valence-corrected chi connectivity index (χ2v) is 4.21. The third-order valence-electron chi connectivity index (χ3n) is 2.76. The van der Waals surface area contributed by atoms with Crippen LogP contribution in [0.4, 0.5) is 5.69 Å². The number of nitrogens with one attached hydrogen (secondary N) is 1. The lowest BCUT2D eigenvalue weighted by Gasteiger charge is -2.14. The Morgan fingerprint density at radius 2 is 2.05 bits per heavy atom. The van der Waals surface area contributed by atoms with E-state index in [0.29, 0.717) is 13.2 Å². The van der Waals surface area contributed by atoms with Gasteiger partial charge in [-0.2, -0.15) is 0 Å². The van der Waals surface area contributed by atoms with Crippen molar-refractivity contribution in [3.05, 3.63) is 39.9 Å². The molecule has 0 aromatic heterocycles. The summed E-state index contributed by atoms with van der Waals surface area (Å²) in [6.07, 6.45) is 0.858. The van der Waals surface area contributed by atoms with Gasteiger partial charge in [0.1, 0.15) is 0 Å². The highest BCUT2D eigenvalue weighted by molar-refractivity contribution is 5.33. The molecule has 0 bridgehead atoms. The summed E-state index contributed by atoms with van der Waals surface area (Å²) >= 11 is 0. The normalized spacial score (nSPS) is 12.3. The number of aliphatic hydroxyl groups is 1. The zero-order chi connectivity index (χ0) is 14.1. The van der Waals surface area contributed by atoms with Gasteiger partial charge in [0.2, 0.25) is 0 Å². The fourth-order valence-electron chi connectivity index (χ4n) is 1.66. The molecule has 2 N–H and O–H groups in total. The summed E-state index contributed by atoms with van der Waals surface area (Å²) in [5.74, 6) is 0. The summed E-state index contributed by atoms with van der Waals surface area (Å²) in [6.45, 7) is 3.84. The molecule has 1 rings (SSSR count). The van der Waals surface area contributed by atoms with E-state index in [2.05, 4.69) is 5.32 Å². The second-order valence-electron chi connectivity index (χ2n) is 4.21. The molecule has 0 aliphatic carbocycles. The Labute approximate surface area is 112 Å². The van der Waals surface area contributed by atoms with Crippen molar-refractivity contribution in [1.29, 1.82) is 0 Å². The maximum Gasteiger partial charge on any atom is 0.269 e. The third-order valence-corrected chi connectivity index (χ3v) is 2.76. The molecular weight excluding hydrogens is 248 g/mol. The predicted molar refractivity (Wildman–Crippen MR) is 72.0 cm³/mol. The summed E-state index contributed by atoms with van der Waals surface area (Å²) in [5, 5.41) is 22.4. The summed E-state index contributed by atoms with van der Waals surface area (Å²) in [4.78, 5) is 10.1. The van der Waals surface area contributed by atoms with Crippen LogP contribution in [0, 0.1) is 10.1 Å². The molecule has 1 aromatic rings. The number of nitrogens with zero attached hydrogens (tertiary/aromatic N) is 1. The highest BCUT2D eigenvalue weighted by Gasteiger charge is 2.08. The molecule has 1 unspecified atom stereocenters. The van der Waals surface area contributed by atoms with Crippen LogP contribution in [0.5, 0.6) is 0 Å². The quantitative estimate of drug-likeness (QED) is 0.404. The van der Waals surface area contributed by atoms with Gasteiger partial charge in [-0.3, -0.25) is 10.1 Å². The van der Waals surface area contributed by atoms with Crippen LogP contribution in [-0.2, 0) is 4.74 Å². The van der Waals surface area contributed by atoms with Crippen LogP contribution in [0.1, 0.15) is 24.9 Å². The topological polar surface area (TPSA) is 84.6 Å². The van der Waals surface area contributed by atoms with Crippen molar-refractivity contribution < 1.29 is 14.8 Å². The Balaban J connectivity index is 2.29. The first-order chi connectivity index (χ1) is 9.15. The second kappa shape index (κ2) is 8.58. The number of rotatable bonds is 9. The molecule has 0 fully saturated rings. The highest BCUT2D eigenvalue weighted by atomic mass is 16.6. The molecule has 1 atom stereocenters. The van der Waals surface area contributed by atoms with Gasteiger partial charge in [-0.25, -0.2) is 0 Å². The van der Waals surface area contributed by atoms with Crippen LogP contribution in [-0.4, -0.2) is 36.4 Å². The van der Waals surface area contributed by atoms with Crippen molar-refractivity contribution in [3.8, 4) is 0 Å². The number of non-ortho nitro benzene ring substituents is 1. The monoisotopic (exact) mass is 268 g/mol. The van der Waals surface area contributed by atoms with E-state index in [1.165, 1.54) is 12.1 Å². The first-order valence-electron chi connectivity index (χ1n) is 6.31. The molecule has 6 heteroatoms. The number of benzene rings is 1. The average Bonchev–Trinajstić information content (AvgIpc) is 2.42. The fraction of sp³-hybridized carbons (Fsp3) is 0.538. The van der Waals surface area contributed by atoms with Gasteiger partial charge in [0.15, 0.2) is 0 Å². The molecule has 0 amide bonds. The Kier molecular flexibility index (Phi) is 7.02. The molecule has 0 aliphatic heterocycles. The minimum absolute atomic E-state index is 0.0482. The van der Waals surface area contributed by atoms with Gasteiger partial charge in [0.25, 0.3) is 5.69 Å². The van der Waals surface area contributed by atoms with E-state index >= 15 is 0 Å². The van der Waals surface area contributed by atoms with Crippen LogP contribution in [0.3, 0.4) is 0 Å². The minimum atomic E-state index is -0.402. The van der Waals surface area contributed by atoms with Gasteiger partial charge in [0.05, 0.1) is 18.1 Å². The van der Waals surface area contributed by atoms with E-state index in [0.717, 1.165) is 18.5 Å². The van der Waals surface area contributed by atoms with Crippen molar-refractivity contribution in [2.75, 3.05) is 26.4 Å². The Bertz CT molecular complexity index is 381. The standard InChI is InChI=1S/C13H20N2O4/c1-11(14-7-2-9-19-10-8-16)12-3-5-13(6-4-12)15(17)18/h3-6,11,14,16H,2,7-10H2,1H3. The molecule has 0 aliphatic rings. The molecule has 6 nitrogen and oxygen atoms in total. The first kappa shape index (κ1) is 15.6. The molecule has 0 saturated carbocycles. The van der Waals surface area contributed by atoms with Gasteiger partial charge >= 0.3 is 0 Å². The van der Waals surface area contributed by atoms with Gasteiger partial charge in [-0.15, -0.1) is 0 Å². The lowest BCUT2D eigenvalue weighted by Crippen LogP contribution is -2.21. The third kappa shape index (κ3) is 5.78. The Hall–Kier alpha value is -1.50. The van der Waals surface area contributed by atoms with E-state index in [-0.39, 0.29) is 18.3 Å². The van der Waals surface area contributed by atoms with Crippen LogP contribution >= 0.6 is 0 Å². The number of hydrogen-bond acceptors (Lipinski definition) is 5. The van der Waals surface area contributed by atoms with Crippen LogP contribution in [0.2, 0.25) is 0 Å². The molecule has 1 aromatic carbocycles. The van der Waals surface area contributed by atoms with Crippen molar-refractivity contribution in [2.24, 2.45) is 0 Å². The minimum Gasteiger partial charge on any atom is -0.394 e. The van der Waals surface area contributed by atoms with Crippen molar-refractivity contribution in [1.82, 2.24) is 5.32 Å². The average molecular weight is 268 g/mol. The number of ether oxygens (including phenoxy) is 1. The number of aliphatic hydroxyl groups excluding tert-OH is 1. The molecule has 19 heavy (non-hydrogen) atoms. The summed E-state index contributed by atoms with van der Waals surface area (Å²) in [7, 11) is 0. The molecule has 0 saturated heterocycles. The van der Waals surface area contributed by atoms with Crippen molar-refractivity contribution >= 4 is 5.69 Å². The molecule has 106 valence electrons. The van der Waals surface area contributed by atoms with Crippen LogP contribution in [0.25, 0.3) is 0 Å². The lowest BCUT2D eigenvalue weighted by atomic mass is 10.1. The SMILES string of the molecule is CC(NCCCOCCO)c1ccc([N+](=O)[O-])cc1. The van der Waals surface area contributed by atoms with Crippen molar-refractivity contribution in [2.45, 2.75) is 19.4 Å². The smallest absolute Gasteiger partial charge is 0.269 e. The lowest BCUT2D eigenvalue weighted by molar-refractivity contribution is -0.384. The van der Waals surface area contributed by atoms with E-state index < -0.39 is 4.92 Å². The molecule has 0 heterocycles. The number of hydrogen-bond donors (Lipinski definition) is 2. The summed E-state index contributed by atoms with van der Waals surface area (Å²) in [6, 6.07) is 6.69. The summed E-state index contributed by atoms with van der Waals surface area (Å²) in [5.41, 5.74) is 1.12. The van der Waals surface area contributed by atoms with E-state index in [9.17, 15) is 10.1 Å². The van der Waals surface area contributed by atoms with Gasteiger partial charge in [-0.05, 0) is 25.5 Å². The molecule has 0 spiro atoms. The van der Waals surface area contributed by atoms with E-state index in [1.807, 2.05) is 6.92 Å². The highest BCUT2D eigenvalue weighted by Crippen LogP contribution is 2.17. The number of nitro groups is 1. The molecular formula is C13H20N2O4. The largest absolute Gasteiger partial charge is 0.394 e. The predicted octanol–water partition coefficient (Wildman–Crippen LogP) is 1.64. The van der Waals surface area contributed by atoms with Gasteiger partial charge in [-0.1, -0.05) is 12.1 Å². The van der Waals surface area contributed by atoms with Crippen LogP contribution < -0.4 is 5.32 Å². The van der Waals surface area contributed by atoms with Gasteiger partial charge in [0, 0.05) is 24.8 Å². The zero-order valence-electron chi connectivity index (χ0n) is 11.0. The maximum absolute atomic E-state index is 10.5. The maximum atomic E-state index is 10.5. The van der Waals surface area contributed by atoms with Crippen molar-refractivity contribution in [3.63, 3.8) is 0 Å². The molecule has 0 radical (unpaired) electrons. The van der Waals surface area contributed by atoms with Gasteiger partial charge < -0.3 is 15.2 Å². The van der Waals surface area contributed by atoms with Crippen LogP contribution in [0.15, 0.2) is 24.3 Å². The Morgan fingerprint density at radius 1 is 1.37 bits per heavy atom. The summed E-state index contributed by atoms with van der Waals surface area (Å²) < 4.78 is 5.15. The van der Waals surface area contributed by atoms with E-state index in [1.54, 1.807) is 12.1 Å². The Morgan fingerprint density at radius 3 is 2.63 bits per heavy atom. The zero-order valence-corrected chi connectivity index (χ0v) is 11.0.